The van der Waals surface area contributed by atoms with Gasteiger partial charge in [0.1, 0.15) is 11.5 Å². The van der Waals surface area contributed by atoms with Crippen LogP contribution >= 0.6 is 11.8 Å². The Hall–Kier alpha value is -2.92. The van der Waals surface area contributed by atoms with Crippen LogP contribution in [0, 0.1) is 0 Å². The maximum atomic E-state index is 4.43. The highest BCUT2D eigenvalue weighted by Crippen LogP contribution is 2.47. The van der Waals surface area contributed by atoms with Crippen molar-refractivity contribution in [1.82, 2.24) is 9.38 Å². The monoisotopic (exact) mass is 372 g/mol. The van der Waals surface area contributed by atoms with Gasteiger partial charge < -0.3 is 10.2 Å². The molecule has 0 atom stereocenters. The lowest BCUT2D eigenvalue weighted by Gasteiger charge is -2.32. The number of pyridine rings is 1. The second-order valence-corrected chi connectivity index (χ2v) is 7.63. The van der Waals surface area contributed by atoms with Crippen LogP contribution in [0.4, 0.5) is 17.2 Å². The van der Waals surface area contributed by atoms with E-state index in [-0.39, 0.29) is 0 Å². The third kappa shape index (κ3) is 3.04. The van der Waals surface area contributed by atoms with E-state index in [0.717, 1.165) is 31.0 Å². The first kappa shape index (κ1) is 16.3. The van der Waals surface area contributed by atoms with Crippen molar-refractivity contribution in [2.45, 2.75) is 16.2 Å². The Labute approximate surface area is 162 Å². The number of benzene rings is 2. The van der Waals surface area contributed by atoms with Gasteiger partial charge in [-0.1, -0.05) is 42.1 Å². The molecular weight excluding hydrogens is 352 g/mol. The van der Waals surface area contributed by atoms with Gasteiger partial charge in [-0.2, -0.15) is 0 Å². The van der Waals surface area contributed by atoms with Gasteiger partial charge >= 0.3 is 0 Å². The van der Waals surface area contributed by atoms with Crippen LogP contribution in [0.3, 0.4) is 0 Å². The van der Waals surface area contributed by atoms with Crippen LogP contribution in [-0.4, -0.2) is 22.5 Å². The Morgan fingerprint density at radius 2 is 1.56 bits per heavy atom. The fourth-order valence-corrected chi connectivity index (χ4v) is 4.63. The fraction of sp³-hybridized carbons (Fsp3) is 0.136. The molecule has 2 aromatic heterocycles. The Morgan fingerprint density at radius 1 is 0.852 bits per heavy atom. The minimum atomic E-state index is 0.899. The molecule has 0 spiro atoms. The summed E-state index contributed by atoms with van der Waals surface area (Å²) in [5.74, 6) is 1.04. The second kappa shape index (κ2) is 7.00. The molecule has 1 N–H and O–H groups in total. The molecule has 0 radical (unpaired) electrons. The first-order chi connectivity index (χ1) is 13.4. The lowest BCUT2D eigenvalue weighted by Crippen LogP contribution is -2.23. The van der Waals surface area contributed by atoms with Gasteiger partial charge in [-0.3, -0.25) is 4.40 Å². The van der Waals surface area contributed by atoms with Crippen LogP contribution in [0.2, 0.25) is 0 Å². The molecule has 3 heterocycles. The average Bonchev–Trinajstić information content (AvgIpc) is 3.13. The summed E-state index contributed by atoms with van der Waals surface area (Å²) in [6, 6.07) is 23.4. The largest absolute Gasteiger partial charge is 0.370 e. The summed E-state index contributed by atoms with van der Waals surface area (Å²) in [5, 5.41) is 3.52. The molecule has 1 aliphatic rings. The maximum absolute atomic E-state index is 4.43. The second-order valence-electron chi connectivity index (χ2n) is 6.54. The number of aromatic nitrogens is 2. The molecule has 5 heteroatoms. The maximum Gasteiger partial charge on any atom is 0.138 e. The van der Waals surface area contributed by atoms with Crippen molar-refractivity contribution in [1.29, 1.82) is 0 Å². The highest BCUT2D eigenvalue weighted by Gasteiger charge is 2.22. The molecule has 0 saturated heterocycles. The summed E-state index contributed by atoms with van der Waals surface area (Å²) >= 11 is 1.86. The Balaban J connectivity index is 1.31. The molecule has 0 aliphatic carbocycles. The van der Waals surface area contributed by atoms with Crippen LogP contribution < -0.4 is 10.2 Å². The molecule has 2 aromatic carbocycles. The fourth-order valence-electron chi connectivity index (χ4n) is 3.54. The van der Waals surface area contributed by atoms with Crippen LogP contribution in [0.1, 0.15) is 6.42 Å². The molecule has 1 aliphatic heterocycles. The van der Waals surface area contributed by atoms with Crippen molar-refractivity contribution in [3.8, 4) is 0 Å². The van der Waals surface area contributed by atoms with E-state index >= 15 is 0 Å². The van der Waals surface area contributed by atoms with Crippen LogP contribution in [-0.2, 0) is 0 Å². The molecular formula is C22H20N4S. The van der Waals surface area contributed by atoms with Gasteiger partial charge in [0.2, 0.25) is 0 Å². The first-order valence-electron chi connectivity index (χ1n) is 9.19. The van der Waals surface area contributed by atoms with E-state index in [2.05, 4.69) is 68.1 Å². The molecule has 0 saturated carbocycles. The molecule has 4 nitrogen and oxygen atoms in total. The standard InChI is InChI=1S/C22H20N4S/c1-3-10-19-17(8-1)25(18-9-2-4-11-20(18)27-19)15-7-13-23-22-16-24-21-12-5-6-14-26(21)22/h1-6,8-12,14,16,23H,7,13,15H2. The number of anilines is 3. The molecule has 5 rings (SSSR count). The number of rotatable bonds is 5. The predicted molar refractivity (Wildman–Crippen MR) is 112 cm³/mol. The van der Waals surface area contributed by atoms with Gasteiger partial charge in [0.25, 0.3) is 0 Å². The number of fused-ring (bicyclic) bond motifs is 3. The minimum Gasteiger partial charge on any atom is -0.370 e. The van der Waals surface area contributed by atoms with E-state index in [1.165, 1.54) is 21.2 Å². The number of hydrogen-bond acceptors (Lipinski definition) is 4. The molecule has 134 valence electrons. The van der Waals surface area contributed by atoms with Gasteiger partial charge in [0.15, 0.2) is 0 Å². The first-order valence-corrected chi connectivity index (χ1v) is 10.0. The third-order valence-electron chi connectivity index (χ3n) is 4.81. The smallest absolute Gasteiger partial charge is 0.138 e. The van der Waals surface area contributed by atoms with Crippen LogP contribution in [0.5, 0.6) is 0 Å². The lowest BCUT2D eigenvalue weighted by molar-refractivity contribution is 0.825. The number of imidazole rings is 1. The molecule has 0 bridgehead atoms. The Bertz CT molecular complexity index is 1040. The highest BCUT2D eigenvalue weighted by molar-refractivity contribution is 7.99. The Kier molecular flexibility index (Phi) is 4.22. The van der Waals surface area contributed by atoms with E-state index < -0.39 is 0 Å². The van der Waals surface area contributed by atoms with E-state index in [1.807, 2.05) is 42.4 Å². The summed E-state index contributed by atoms with van der Waals surface area (Å²) in [5.41, 5.74) is 3.57. The zero-order valence-corrected chi connectivity index (χ0v) is 15.7. The number of nitrogens with zero attached hydrogens (tertiary/aromatic N) is 3. The van der Waals surface area contributed by atoms with Gasteiger partial charge in [-0.25, -0.2) is 4.98 Å². The van der Waals surface area contributed by atoms with E-state index in [0.29, 0.717) is 0 Å². The van der Waals surface area contributed by atoms with Gasteiger partial charge in [-0.15, -0.1) is 0 Å². The van der Waals surface area contributed by atoms with Crippen molar-refractivity contribution in [2.75, 3.05) is 23.3 Å². The highest BCUT2D eigenvalue weighted by atomic mass is 32.2. The number of hydrogen-bond donors (Lipinski definition) is 1. The molecule has 27 heavy (non-hydrogen) atoms. The van der Waals surface area contributed by atoms with Crippen molar-refractivity contribution in [3.05, 3.63) is 79.1 Å². The third-order valence-corrected chi connectivity index (χ3v) is 5.94. The van der Waals surface area contributed by atoms with E-state index in [4.69, 9.17) is 0 Å². The van der Waals surface area contributed by atoms with Crippen molar-refractivity contribution in [3.63, 3.8) is 0 Å². The molecule has 0 amide bonds. The molecule has 0 fully saturated rings. The quantitative estimate of drug-likeness (QED) is 0.473. The van der Waals surface area contributed by atoms with E-state index in [9.17, 15) is 0 Å². The topological polar surface area (TPSA) is 32.6 Å². The summed E-state index contributed by atoms with van der Waals surface area (Å²) in [7, 11) is 0. The van der Waals surface area contributed by atoms with Gasteiger partial charge in [0, 0.05) is 29.1 Å². The van der Waals surface area contributed by atoms with Gasteiger partial charge in [-0.05, 0) is 42.8 Å². The number of nitrogens with one attached hydrogen (secondary N) is 1. The zero-order chi connectivity index (χ0) is 18.1. The van der Waals surface area contributed by atoms with E-state index in [1.54, 1.807) is 0 Å². The summed E-state index contributed by atoms with van der Waals surface area (Å²) < 4.78 is 2.09. The predicted octanol–water partition coefficient (Wildman–Crippen LogP) is 5.44. The SMILES string of the molecule is c1ccc2c(c1)Sc1ccccc1N2CCCNc1cnc2ccccn12. The van der Waals surface area contributed by atoms with Crippen LogP contribution in [0.15, 0.2) is 88.9 Å². The Morgan fingerprint density at radius 3 is 2.33 bits per heavy atom. The van der Waals surface area contributed by atoms with Crippen molar-refractivity contribution < 1.29 is 0 Å². The molecule has 0 unspecified atom stereocenters. The normalized spacial score (nSPS) is 12.7. The lowest BCUT2D eigenvalue weighted by atomic mass is 10.2. The summed E-state index contributed by atoms with van der Waals surface area (Å²) in [4.78, 5) is 9.53. The minimum absolute atomic E-state index is 0.899. The summed E-state index contributed by atoms with van der Waals surface area (Å²) in [6.07, 6.45) is 4.98. The average molecular weight is 372 g/mol. The zero-order valence-electron chi connectivity index (χ0n) is 14.9. The van der Waals surface area contributed by atoms with Crippen molar-refractivity contribution in [2.24, 2.45) is 0 Å². The van der Waals surface area contributed by atoms with Crippen LogP contribution in [0.25, 0.3) is 5.65 Å². The number of para-hydroxylation sites is 2. The van der Waals surface area contributed by atoms with Crippen molar-refractivity contribution >= 4 is 34.6 Å². The van der Waals surface area contributed by atoms with Gasteiger partial charge in [0.05, 0.1) is 17.6 Å². The summed E-state index contributed by atoms with van der Waals surface area (Å²) in [6.45, 7) is 1.87. The molecule has 4 aromatic rings.